The second kappa shape index (κ2) is 4.19. The van der Waals surface area contributed by atoms with Crippen LogP contribution in [0.15, 0.2) is 24.3 Å². The number of hydrogen-bond donors (Lipinski definition) is 0. The minimum Gasteiger partial charge on any atom is -0.497 e. The third kappa shape index (κ3) is 2.05. The van der Waals surface area contributed by atoms with Gasteiger partial charge in [-0.05, 0) is 37.5 Å². The van der Waals surface area contributed by atoms with E-state index < -0.39 is 5.60 Å². The van der Waals surface area contributed by atoms with Crippen molar-refractivity contribution < 1.29 is 9.47 Å². The van der Waals surface area contributed by atoms with Crippen LogP contribution in [0.3, 0.4) is 0 Å². The molecule has 0 bridgehead atoms. The third-order valence-corrected chi connectivity index (χ3v) is 3.08. The fourth-order valence-corrected chi connectivity index (χ4v) is 2.00. The molecule has 0 aliphatic carbocycles. The van der Waals surface area contributed by atoms with Crippen molar-refractivity contribution in [2.75, 3.05) is 7.11 Å². The largest absolute Gasteiger partial charge is 0.497 e. The van der Waals surface area contributed by atoms with Gasteiger partial charge in [0.1, 0.15) is 11.4 Å². The van der Waals surface area contributed by atoms with Crippen molar-refractivity contribution in [1.29, 1.82) is 0 Å². The Labute approximate surface area is 96.6 Å². The van der Waals surface area contributed by atoms with Crippen molar-refractivity contribution in [3.05, 3.63) is 29.8 Å². The van der Waals surface area contributed by atoms with E-state index in [4.69, 9.17) is 15.9 Å². The van der Waals surface area contributed by atoms with Crippen molar-refractivity contribution in [1.82, 2.24) is 0 Å². The zero-order valence-electron chi connectivity index (χ0n) is 9.69. The standard InChI is InChI=1S/C14H16O2/c1-4-14(2)10-9-13(16-14)11-5-7-12(15-3)8-6-11/h1,5-8,13H,9-10H2,2-3H3/t13-,14-/m0/s1. The van der Waals surface area contributed by atoms with Crippen LogP contribution in [0, 0.1) is 12.3 Å². The summed E-state index contributed by atoms with van der Waals surface area (Å²) in [5.74, 6) is 3.58. The predicted octanol–water partition coefficient (Wildman–Crippen LogP) is 2.94. The molecule has 84 valence electrons. The van der Waals surface area contributed by atoms with Gasteiger partial charge in [0.25, 0.3) is 0 Å². The van der Waals surface area contributed by atoms with Gasteiger partial charge >= 0.3 is 0 Å². The highest BCUT2D eigenvalue weighted by Crippen LogP contribution is 2.39. The molecule has 1 aliphatic heterocycles. The molecule has 1 saturated heterocycles. The number of hydrogen-bond acceptors (Lipinski definition) is 2. The lowest BCUT2D eigenvalue weighted by atomic mass is 10.0. The highest BCUT2D eigenvalue weighted by molar-refractivity contribution is 5.29. The molecule has 0 aromatic heterocycles. The van der Waals surface area contributed by atoms with Crippen molar-refractivity contribution in [3.8, 4) is 18.1 Å². The summed E-state index contributed by atoms with van der Waals surface area (Å²) in [4.78, 5) is 0. The Morgan fingerprint density at radius 2 is 2.12 bits per heavy atom. The quantitative estimate of drug-likeness (QED) is 0.708. The number of terminal acetylenes is 1. The van der Waals surface area contributed by atoms with Crippen LogP contribution in [0.2, 0.25) is 0 Å². The summed E-state index contributed by atoms with van der Waals surface area (Å²) < 4.78 is 11.0. The molecule has 1 aromatic carbocycles. The molecule has 1 fully saturated rings. The van der Waals surface area contributed by atoms with Crippen molar-refractivity contribution >= 4 is 0 Å². The van der Waals surface area contributed by atoms with Gasteiger partial charge in [0, 0.05) is 0 Å². The van der Waals surface area contributed by atoms with Crippen LogP contribution < -0.4 is 4.74 Å². The van der Waals surface area contributed by atoms with Gasteiger partial charge in [0.2, 0.25) is 0 Å². The minimum atomic E-state index is -0.398. The van der Waals surface area contributed by atoms with Crippen molar-refractivity contribution in [2.24, 2.45) is 0 Å². The zero-order chi connectivity index (χ0) is 11.6. The smallest absolute Gasteiger partial charge is 0.126 e. The van der Waals surface area contributed by atoms with Crippen molar-refractivity contribution in [3.63, 3.8) is 0 Å². The van der Waals surface area contributed by atoms with E-state index in [1.54, 1.807) is 7.11 Å². The van der Waals surface area contributed by atoms with Crippen LogP contribution in [-0.2, 0) is 4.74 Å². The third-order valence-electron chi connectivity index (χ3n) is 3.08. The average molecular weight is 216 g/mol. The number of benzene rings is 1. The Bertz CT molecular complexity index is 402. The summed E-state index contributed by atoms with van der Waals surface area (Å²) >= 11 is 0. The maximum atomic E-state index is 5.88. The summed E-state index contributed by atoms with van der Waals surface area (Å²) in [6.07, 6.45) is 7.47. The summed E-state index contributed by atoms with van der Waals surface area (Å²) in [6, 6.07) is 7.96. The molecule has 2 nitrogen and oxygen atoms in total. The van der Waals surface area contributed by atoms with Gasteiger partial charge in [-0.25, -0.2) is 0 Å². The summed E-state index contributed by atoms with van der Waals surface area (Å²) in [6.45, 7) is 1.97. The summed E-state index contributed by atoms with van der Waals surface area (Å²) in [5.41, 5.74) is 0.768. The van der Waals surface area contributed by atoms with Crippen LogP contribution in [0.5, 0.6) is 5.75 Å². The van der Waals surface area contributed by atoms with E-state index in [1.165, 1.54) is 5.56 Å². The monoisotopic (exact) mass is 216 g/mol. The highest BCUT2D eigenvalue weighted by Gasteiger charge is 2.34. The molecular formula is C14H16O2. The Morgan fingerprint density at radius 1 is 1.44 bits per heavy atom. The molecule has 16 heavy (non-hydrogen) atoms. The second-order valence-electron chi connectivity index (χ2n) is 4.29. The minimum absolute atomic E-state index is 0.118. The number of ether oxygens (including phenoxy) is 2. The normalized spacial score (nSPS) is 28.7. The zero-order valence-corrected chi connectivity index (χ0v) is 9.69. The predicted molar refractivity (Wildman–Crippen MR) is 63.3 cm³/mol. The molecule has 1 aliphatic rings. The Balaban J connectivity index is 2.12. The van der Waals surface area contributed by atoms with Crippen LogP contribution in [0.25, 0.3) is 0 Å². The van der Waals surface area contributed by atoms with Gasteiger partial charge in [-0.1, -0.05) is 18.1 Å². The molecule has 1 heterocycles. The van der Waals surface area contributed by atoms with E-state index >= 15 is 0 Å². The fourth-order valence-electron chi connectivity index (χ4n) is 2.00. The van der Waals surface area contributed by atoms with Crippen molar-refractivity contribution in [2.45, 2.75) is 31.5 Å². The maximum Gasteiger partial charge on any atom is 0.126 e. The molecule has 0 saturated carbocycles. The lowest BCUT2D eigenvalue weighted by Crippen LogP contribution is -2.20. The highest BCUT2D eigenvalue weighted by atomic mass is 16.5. The molecule has 2 atom stereocenters. The Hall–Kier alpha value is -1.46. The lowest BCUT2D eigenvalue weighted by Gasteiger charge is -2.18. The molecule has 1 aromatic rings. The number of rotatable bonds is 2. The van der Waals surface area contributed by atoms with Crippen LogP contribution in [-0.4, -0.2) is 12.7 Å². The average Bonchev–Trinajstić information content (AvgIpc) is 2.73. The molecule has 0 radical (unpaired) electrons. The number of methoxy groups -OCH3 is 1. The van der Waals surface area contributed by atoms with Gasteiger partial charge in [-0.2, -0.15) is 0 Å². The lowest BCUT2D eigenvalue weighted by molar-refractivity contribution is 0.0105. The first kappa shape index (κ1) is 11.0. The van der Waals surface area contributed by atoms with E-state index in [0.717, 1.165) is 18.6 Å². The van der Waals surface area contributed by atoms with Gasteiger partial charge in [0.15, 0.2) is 0 Å². The first-order chi connectivity index (χ1) is 7.67. The van der Waals surface area contributed by atoms with Crippen LogP contribution in [0.4, 0.5) is 0 Å². The first-order valence-corrected chi connectivity index (χ1v) is 5.46. The van der Waals surface area contributed by atoms with Gasteiger partial charge in [0.05, 0.1) is 13.2 Å². The SMILES string of the molecule is C#C[C@@]1(C)CC[C@@H](c2ccc(OC)cc2)O1. The fraction of sp³-hybridized carbons (Fsp3) is 0.429. The maximum absolute atomic E-state index is 5.88. The Kier molecular flexibility index (Phi) is 2.89. The molecule has 2 heteroatoms. The van der Waals surface area contributed by atoms with Gasteiger partial charge in [-0.15, -0.1) is 6.42 Å². The summed E-state index contributed by atoms with van der Waals surface area (Å²) in [5, 5.41) is 0. The molecule has 0 spiro atoms. The van der Waals surface area contributed by atoms with Crippen LogP contribution >= 0.6 is 0 Å². The van der Waals surface area contributed by atoms with Gasteiger partial charge < -0.3 is 9.47 Å². The molecule has 0 unspecified atom stereocenters. The van der Waals surface area contributed by atoms with Gasteiger partial charge in [-0.3, -0.25) is 0 Å². The molecule has 2 rings (SSSR count). The summed E-state index contributed by atoms with van der Waals surface area (Å²) in [7, 11) is 1.66. The first-order valence-electron chi connectivity index (χ1n) is 5.46. The topological polar surface area (TPSA) is 18.5 Å². The molecule has 0 N–H and O–H groups in total. The Morgan fingerprint density at radius 3 is 2.62 bits per heavy atom. The van der Waals surface area contributed by atoms with E-state index in [1.807, 2.05) is 31.2 Å². The van der Waals surface area contributed by atoms with E-state index in [-0.39, 0.29) is 6.10 Å². The molecular weight excluding hydrogens is 200 g/mol. The second-order valence-corrected chi connectivity index (χ2v) is 4.29. The molecule has 0 amide bonds. The van der Waals surface area contributed by atoms with E-state index in [0.29, 0.717) is 0 Å². The van der Waals surface area contributed by atoms with Crippen LogP contribution in [0.1, 0.15) is 31.4 Å². The van der Waals surface area contributed by atoms with E-state index in [2.05, 4.69) is 5.92 Å². The van der Waals surface area contributed by atoms with E-state index in [9.17, 15) is 0 Å².